The minimum absolute atomic E-state index is 0.0100. The molecule has 1 heterocycles. The molecule has 0 saturated heterocycles. The average molecular weight is 346 g/mol. The van der Waals surface area contributed by atoms with E-state index in [1.807, 2.05) is 0 Å². The minimum Gasteiger partial charge on any atom is -0.478 e. The van der Waals surface area contributed by atoms with Crippen molar-refractivity contribution in [2.75, 3.05) is 5.32 Å². The Morgan fingerprint density at radius 2 is 2.15 bits per heavy atom. The molecule has 0 aliphatic carbocycles. The standard InChI is InChI=1S/C12H10BrF2N3O2/c1-18-11(6(4-17-18)12(19)20)5-16-10-3-8(14)7(13)2-9(10)15/h2-4,16H,5H2,1H3,(H,19,20). The summed E-state index contributed by atoms with van der Waals surface area (Å²) in [5.41, 5.74) is 0.321. The van der Waals surface area contributed by atoms with E-state index in [0.717, 1.165) is 12.1 Å². The van der Waals surface area contributed by atoms with Crippen molar-refractivity contribution in [3.05, 3.63) is 45.7 Å². The summed E-state index contributed by atoms with van der Waals surface area (Å²) >= 11 is 2.88. The molecule has 0 bridgehead atoms. The Morgan fingerprint density at radius 1 is 1.45 bits per heavy atom. The van der Waals surface area contributed by atoms with Gasteiger partial charge in [-0.1, -0.05) is 0 Å². The molecule has 20 heavy (non-hydrogen) atoms. The van der Waals surface area contributed by atoms with E-state index in [0.29, 0.717) is 5.69 Å². The average Bonchev–Trinajstić information content (AvgIpc) is 2.74. The number of aromatic carboxylic acids is 1. The molecule has 106 valence electrons. The zero-order valence-corrected chi connectivity index (χ0v) is 11.9. The highest BCUT2D eigenvalue weighted by atomic mass is 79.9. The van der Waals surface area contributed by atoms with Crippen LogP contribution in [0, 0.1) is 11.6 Å². The predicted octanol–water partition coefficient (Wildman–Crippen LogP) is 2.77. The molecule has 0 fully saturated rings. The van der Waals surface area contributed by atoms with Crippen molar-refractivity contribution in [3.8, 4) is 0 Å². The number of nitrogens with zero attached hydrogens (tertiary/aromatic N) is 2. The van der Waals surface area contributed by atoms with Gasteiger partial charge < -0.3 is 10.4 Å². The minimum atomic E-state index is -1.13. The third-order valence-corrected chi connectivity index (χ3v) is 3.36. The van der Waals surface area contributed by atoms with Gasteiger partial charge in [0, 0.05) is 13.1 Å². The van der Waals surface area contributed by atoms with Crippen LogP contribution in [0.5, 0.6) is 0 Å². The van der Waals surface area contributed by atoms with E-state index in [1.54, 1.807) is 7.05 Å². The van der Waals surface area contributed by atoms with Crippen LogP contribution in [0.2, 0.25) is 0 Å². The number of carboxylic acids is 1. The first-order valence-electron chi connectivity index (χ1n) is 5.52. The number of nitrogens with one attached hydrogen (secondary N) is 1. The molecule has 2 aromatic rings. The van der Waals surface area contributed by atoms with Gasteiger partial charge in [0.1, 0.15) is 17.2 Å². The van der Waals surface area contributed by atoms with Crippen molar-refractivity contribution in [2.45, 2.75) is 6.54 Å². The van der Waals surface area contributed by atoms with Crippen molar-refractivity contribution in [1.82, 2.24) is 9.78 Å². The van der Waals surface area contributed by atoms with Crippen LogP contribution in [0.1, 0.15) is 16.1 Å². The largest absolute Gasteiger partial charge is 0.478 e. The smallest absolute Gasteiger partial charge is 0.339 e. The van der Waals surface area contributed by atoms with Crippen LogP contribution in [0.25, 0.3) is 0 Å². The second-order valence-electron chi connectivity index (χ2n) is 4.03. The van der Waals surface area contributed by atoms with Crippen molar-refractivity contribution in [3.63, 3.8) is 0 Å². The van der Waals surface area contributed by atoms with Gasteiger partial charge in [-0.3, -0.25) is 4.68 Å². The lowest BCUT2D eigenvalue weighted by Crippen LogP contribution is -2.11. The van der Waals surface area contributed by atoms with E-state index in [2.05, 4.69) is 26.3 Å². The molecular weight excluding hydrogens is 336 g/mol. The molecule has 0 spiro atoms. The predicted molar refractivity (Wildman–Crippen MR) is 71.6 cm³/mol. The summed E-state index contributed by atoms with van der Waals surface area (Å²) in [5, 5.41) is 15.5. The number of hydrogen-bond acceptors (Lipinski definition) is 3. The van der Waals surface area contributed by atoms with Gasteiger partial charge in [-0.2, -0.15) is 5.10 Å². The summed E-state index contributed by atoms with van der Waals surface area (Å²) in [6.07, 6.45) is 1.21. The second-order valence-corrected chi connectivity index (χ2v) is 4.89. The summed E-state index contributed by atoms with van der Waals surface area (Å²) in [7, 11) is 1.57. The number of aromatic nitrogens is 2. The fourth-order valence-electron chi connectivity index (χ4n) is 1.69. The summed E-state index contributed by atoms with van der Waals surface area (Å²) < 4.78 is 28.4. The lowest BCUT2D eigenvalue weighted by molar-refractivity contribution is 0.0695. The van der Waals surface area contributed by atoms with Gasteiger partial charge in [-0.15, -0.1) is 0 Å². The third kappa shape index (κ3) is 2.79. The van der Waals surface area contributed by atoms with Gasteiger partial charge in [0.25, 0.3) is 0 Å². The van der Waals surface area contributed by atoms with Gasteiger partial charge in [0.05, 0.1) is 28.6 Å². The van der Waals surface area contributed by atoms with Crippen LogP contribution in [0.4, 0.5) is 14.5 Å². The fourth-order valence-corrected chi connectivity index (χ4v) is 2.00. The lowest BCUT2D eigenvalue weighted by atomic mass is 10.2. The van der Waals surface area contributed by atoms with E-state index in [4.69, 9.17) is 5.11 Å². The summed E-state index contributed by atoms with van der Waals surface area (Å²) in [6.45, 7) is 0.0100. The quantitative estimate of drug-likeness (QED) is 0.836. The van der Waals surface area contributed by atoms with Crippen molar-refractivity contribution >= 4 is 27.6 Å². The normalized spacial score (nSPS) is 10.6. The molecule has 0 radical (unpaired) electrons. The van der Waals surface area contributed by atoms with E-state index < -0.39 is 17.6 Å². The highest BCUT2D eigenvalue weighted by Crippen LogP contribution is 2.24. The molecule has 5 nitrogen and oxygen atoms in total. The molecule has 0 amide bonds. The maximum absolute atomic E-state index is 13.6. The number of hydrogen-bond donors (Lipinski definition) is 2. The second kappa shape index (κ2) is 5.58. The van der Waals surface area contributed by atoms with Crippen LogP contribution in [-0.4, -0.2) is 20.9 Å². The van der Waals surface area contributed by atoms with Gasteiger partial charge in [0.15, 0.2) is 0 Å². The van der Waals surface area contributed by atoms with Gasteiger partial charge in [0.2, 0.25) is 0 Å². The van der Waals surface area contributed by atoms with Crippen LogP contribution >= 0.6 is 15.9 Å². The number of carbonyl (C=O) groups is 1. The van der Waals surface area contributed by atoms with Gasteiger partial charge in [-0.05, 0) is 22.0 Å². The van der Waals surface area contributed by atoms with Crippen molar-refractivity contribution in [1.29, 1.82) is 0 Å². The van der Waals surface area contributed by atoms with Crippen molar-refractivity contribution in [2.24, 2.45) is 7.05 Å². The molecule has 8 heteroatoms. The molecule has 1 aromatic heterocycles. The molecule has 0 aliphatic heterocycles. The number of carboxylic acid groups (broad SMARTS) is 1. The van der Waals surface area contributed by atoms with Gasteiger partial charge in [-0.25, -0.2) is 13.6 Å². The van der Waals surface area contributed by atoms with E-state index in [1.165, 1.54) is 10.9 Å². The highest BCUT2D eigenvalue weighted by molar-refractivity contribution is 9.10. The van der Waals surface area contributed by atoms with Crippen molar-refractivity contribution < 1.29 is 18.7 Å². The Balaban J connectivity index is 2.23. The Kier molecular flexibility index (Phi) is 4.03. The summed E-state index contributed by atoms with van der Waals surface area (Å²) in [4.78, 5) is 11.0. The highest BCUT2D eigenvalue weighted by Gasteiger charge is 2.15. The van der Waals surface area contributed by atoms with Crippen LogP contribution in [-0.2, 0) is 13.6 Å². The third-order valence-electron chi connectivity index (χ3n) is 2.75. The van der Waals surface area contributed by atoms with Crippen LogP contribution < -0.4 is 5.32 Å². The van der Waals surface area contributed by atoms with Gasteiger partial charge >= 0.3 is 5.97 Å². The Labute approximate surface area is 121 Å². The number of halogens is 3. The maximum atomic E-state index is 13.6. The zero-order valence-electron chi connectivity index (χ0n) is 10.3. The number of aryl methyl sites for hydroxylation is 1. The molecule has 2 rings (SSSR count). The van der Waals surface area contributed by atoms with Crippen LogP contribution in [0.3, 0.4) is 0 Å². The fraction of sp³-hybridized carbons (Fsp3) is 0.167. The molecule has 0 atom stereocenters. The molecule has 0 aliphatic rings. The van der Waals surface area contributed by atoms with E-state index in [9.17, 15) is 13.6 Å². The van der Waals surface area contributed by atoms with E-state index in [-0.39, 0.29) is 22.3 Å². The Hall–Kier alpha value is -1.96. The first-order chi connectivity index (χ1) is 9.40. The Morgan fingerprint density at radius 3 is 2.80 bits per heavy atom. The van der Waals surface area contributed by atoms with Crippen LogP contribution in [0.15, 0.2) is 22.8 Å². The number of anilines is 1. The summed E-state index contributed by atoms with van der Waals surface area (Å²) in [5.74, 6) is -2.38. The molecule has 1 aromatic carbocycles. The SMILES string of the molecule is Cn1ncc(C(=O)O)c1CNc1cc(F)c(Br)cc1F. The summed E-state index contributed by atoms with van der Waals surface area (Å²) in [6, 6.07) is 2.00. The molecular formula is C12H10BrF2N3O2. The molecule has 0 unspecified atom stereocenters. The zero-order chi connectivity index (χ0) is 14.9. The Bertz CT molecular complexity index is 673. The first-order valence-corrected chi connectivity index (χ1v) is 6.32. The monoisotopic (exact) mass is 345 g/mol. The molecule has 2 N–H and O–H groups in total. The molecule has 0 saturated carbocycles. The number of rotatable bonds is 4. The lowest BCUT2D eigenvalue weighted by Gasteiger charge is -2.09. The number of benzene rings is 1. The maximum Gasteiger partial charge on any atom is 0.339 e. The first kappa shape index (κ1) is 14.4. The topological polar surface area (TPSA) is 67.2 Å². The van der Waals surface area contributed by atoms with E-state index >= 15 is 0 Å².